The summed E-state index contributed by atoms with van der Waals surface area (Å²) < 4.78 is 0. The molecule has 0 bridgehead atoms. The number of nitrogens with one attached hydrogen (secondary N) is 1. The van der Waals surface area contributed by atoms with Crippen LogP contribution >= 0.6 is 0 Å². The molecule has 2 N–H and O–H groups in total. The SMILES string of the molecule is CNc1ccc(N(C)C)c(O)c1. The molecule has 0 aliphatic carbocycles. The third-order valence-corrected chi connectivity index (χ3v) is 1.75. The van der Waals surface area contributed by atoms with Crippen LogP contribution in [0.15, 0.2) is 18.2 Å². The molecule has 0 amide bonds. The molecule has 0 atom stereocenters. The van der Waals surface area contributed by atoms with E-state index in [1.165, 1.54) is 0 Å². The molecule has 0 fully saturated rings. The van der Waals surface area contributed by atoms with E-state index in [0.29, 0.717) is 5.75 Å². The van der Waals surface area contributed by atoms with E-state index in [2.05, 4.69) is 5.32 Å². The first-order chi connectivity index (χ1) is 5.65. The first-order valence-corrected chi connectivity index (χ1v) is 3.83. The quantitative estimate of drug-likeness (QED) is 0.699. The van der Waals surface area contributed by atoms with Gasteiger partial charge in [0.15, 0.2) is 0 Å². The Morgan fingerprint density at radius 3 is 2.42 bits per heavy atom. The van der Waals surface area contributed by atoms with Crippen molar-refractivity contribution in [3.05, 3.63) is 18.2 Å². The van der Waals surface area contributed by atoms with Crippen LogP contribution in [0.1, 0.15) is 0 Å². The first kappa shape index (κ1) is 8.71. The molecule has 0 heterocycles. The lowest BCUT2D eigenvalue weighted by molar-refractivity contribution is 0.476. The van der Waals surface area contributed by atoms with Crippen molar-refractivity contribution >= 4 is 11.4 Å². The molecule has 0 unspecified atom stereocenters. The highest BCUT2D eigenvalue weighted by molar-refractivity contribution is 5.63. The molecule has 1 rings (SSSR count). The summed E-state index contributed by atoms with van der Waals surface area (Å²) in [4.78, 5) is 1.87. The van der Waals surface area contributed by atoms with E-state index in [-0.39, 0.29) is 0 Å². The molecular formula is C9H14N2O. The second kappa shape index (κ2) is 3.34. The summed E-state index contributed by atoms with van der Waals surface area (Å²) in [5.74, 6) is 0.298. The van der Waals surface area contributed by atoms with Crippen LogP contribution in [0.4, 0.5) is 11.4 Å². The maximum atomic E-state index is 9.51. The molecule has 3 heteroatoms. The average Bonchev–Trinajstić information content (AvgIpc) is 2.03. The smallest absolute Gasteiger partial charge is 0.140 e. The Kier molecular flexibility index (Phi) is 2.43. The highest BCUT2D eigenvalue weighted by atomic mass is 16.3. The zero-order chi connectivity index (χ0) is 9.14. The third kappa shape index (κ3) is 1.61. The molecule has 0 saturated carbocycles. The average molecular weight is 166 g/mol. The highest BCUT2D eigenvalue weighted by Gasteiger charge is 2.02. The van der Waals surface area contributed by atoms with Crippen LogP contribution < -0.4 is 10.2 Å². The Hall–Kier alpha value is -1.38. The van der Waals surface area contributed by atoms with E-state index in [1.807, 2.05) is 38.2 Å². The Labute approximate surface area is 72.6 Å². The number of phenolic OH excluding ortho intramolecular Hbond substituents is 1. The van der Waals surface area contributed by atoms with Crippen molar-refractivity contribution in [3.8, 4) is 5.75 Å². The van der Waals surface area contributed by atoms with Gasteiger partial charge in [-0.2, -0.15) is 0 Å². The van der Waals surface area contributed by atoms with Crippen LogP contribution in [-0.4, -0.2) is 26.2 Å². The van der Waals surface area contributed by atoms with E-state index in [4.69, 9.17) is 0 Å². The van der Waals surface area contributed by atoms with Crippen LogP contribution in [0, 0.1) is 0 Å². The van der Waals surface area contributed by atoms with Gasteiger partial charge >= 0.3 is 0 Å². The van der Waals surface area contributed by atoms with Crippen molar-refractivity contribution in [3.63, 3.8) is 0 Å². The van der Waals surface area contributed by atoms with Crippen molar-refractivity contribution in [1.29, 1.82) is 0 Å². The number of phenols is 1. The first-order valence-electron chi connectivity index (χ1n) is 3.83. The summed E-state index contributed by atoms with van der Waals surface area (Å²) in [5.41, 5.74) is 1.74. The predicted molar refractivity (Wildman–Crippen MR) is 52.0 cm³/mol. The van der Waals surface area contributed by atoms with Crippen molar-refractivity contribution in [2.24, 2.45) is 0 Å². The molecule has 1 aromatic rings. The lowest BCUT2D eigenvalue weighted by atomic mass is 10.2. The number of nitrogens with zero attached hydrogens (tertiary/aromatic N) is 1. The minimum atomic E-state index is 0.298. The van der Waals surface area contributed by atoms with E-state index in [0.717, 1.165) is 11.4 Å². The van der Waals surface area contributed by atoms with E-state index in [9.17, 15) is 5.11 Å². The molecule has 0 radical (unpaired) electrons. The summed E-state index contributed by atoms with van der Waals surface area (Å²) in [5, 5.41) is 12.5. The Morgan fingerprint density at radius 2 is 2.00 bits per heavy atom. The highest BCUT2D eigenvalue weighted by Crippen LogP contribution is 2.28. The minimum absolute atomic E-state index is 0.298. The third-order valence-electron chi connectivity index (χ3n) is 1.75. The van der Waals surface area contributed by atoms with Gasteiger partial charge < -0.3 is 15.3 Å². The van der Waals surface area contributed by atoms with Gasteiger partial charge in [-0.15, -0.1) is 0 Å². The second-order valence-electron chi connectivity index (χ2n) is 2.85. The van der Waals surface area contributed by atoms with Gasteiger partial charge in [0, 0.05) is 32.9 Å². The molecule has 66 valence electrons. The molecule has 0 aliphatic heterocycles. The van der Waals surface area contributed by atoms with Crippen LogP contribution in [-0.2, 0) is 0 Å². The molecule has 1 aromatic carbocycles. The number of aromatic hydroxyl groups is 1. The topological polar surface area (TPSA) is 35.5 Å². The molecule has 0 aliphatic rings. The van der Waals surface area contributed by atoms with E-state index >= 15 is 0 Å². The number of anilines is 2. The van der Waals surface area contributed by atoms with E-state index in [1.54, 1.807) is 6.07 Å². The van der Waals surface area contributed by atoms with Crippen LogP contribution in [0.3, 0.4) is 0 Å². The molecule has 0 spiro atoms. The van der Waals surface area contributed by atoms with Crippen molar-refractivity contribution in [1.82, 2.24) is 0 Å². The molecular weight excluding hydrogens is 152 g/mol. The van der Waals surface area contributed by atoms with Crippen LogP contribution in [0.25, 0.3) is 0 Å². The number of hydrogen-bond donors (Lipinski definition) is 2. The van der Waals surface area contributed by atoms with Gasteiger partial charge in [0.2, 0.25) is 0 Å². The summed E-state index contributed by atoms with van der Waals surface area (Å²) in [6.07, 6.45) is 0. The Balaban J connectivity index is 3.03. The maximum absolute atomic E-state index is 9.51. The molecule has 3 nitrogen and oxygen atoms in total. The largest absolute Gasteiger partial charge is 0.506 e. The second-order valence-corrected chi connectivity index (χ2v) is 2.85. The monoisotopic (exact) mass is 166 g/mol. The van der Waals surface area contributed by atoms with Gasteiger partial charge in [0.25, 0.3) is 0 Å². The van der Waals surface area contributed by atoms with E-state index < -0.39 is 0 Å². The van der Waals surface area contributed by atoms with Crippen molar-refractivity contribution < 1.29 is 5.11 Å². The summed E-state index contributed by atoms with van der Waals surface area (Å²) in [6.45, 7) is 0. The molecule has 0 saturated heterocycles. The maximum Gasteiger partial charge on any atom is 0.140 e. The summed E-state index contributed by atoms with van der Waals surface area (Å²) in [6, 6.07) is 5.51. The van der Waals surface area contributed by atoms with Gasteiger partial charge in [-0.3, -0.25) is 0 Å². The Morgan fingerprint density at radius 1 is 1.33 bits per heavy atom. The molecule has 12 heavy (non-hydrogen) atoms. The molecule has 0 aromatic heterocycles. The standard InChI is InChI=1S/C9H14N2O/c1-10-7-4-5-8(11(2)3)9(12)6-7/h4-6,10,12H,1-3H3. The fourth-order valence-electron chi connectivity index (χ4n) is 1.06. The summed E-state index contributed by atoms with van der Waals surface area (Å²) in [7, 11) is 5.62. The van der Waals surface area contributed by atoms with Gasteiger partial charge in [-0.1, -0.05) is 0 Å². The lowest BCUT2D eigenvalue weighted by Crippen LogP contribution is -2.08. The van der Waals surface area contributed by atoms with Crippen LogP contribution in [0.5, 0.6) is 5.75 Å². The summed E-state index contributed by atoms with van der Waals surface area (Å²) >= 11 is 0. The number of benzene rings is 1. The zero-order valence-corrected chi connectivity index (χ0v) is 7.63. The van der Waals surface area contributed by atoms with Gasteiger partial charge in [-0.05, 0) is 12.1 Å². The zero-order valence-electron chi connectivity index (χ0n) is 7.63. The number of rotatable bonds is 2. The fraction of sp³-hybridized carbons (Fsp3) is 0.333. The normalized spacial score (nSPS) is 9.58. The lowest BCUT2D eigenvalue weighted by Gasteiger charge is -2.14. The van der Waals surface area contributed by atoms with Gasteiger partial charge in [-0.25, -0.2) is 0 Å². The number of hydrogen-bond acceptors (Lipinski definition) is 3. The predicted octanol–water partition coefficient (Wildman–Crippen LogP) is 1.50. The van der Waals surface area contributed by atoms with Crippen molar-refractivity contribution in [2.45, 2.75) is 0 Å². The fourth-order valence-corrected chi connectivity index (χ4v) is 1.06. The van der Waals surface area contributed by atoms with Gasteiger partial charge in [0.1, 0.15) is 5.75 Å². The van der Waals surface area contributed by atoms with Gasteiger partial charge in [0.05, 0.1) is 5.69 Å². The minimum Gasteiger partial charge on any atom is -0.506 e. The van der Waals surface area contributed by atoms with Crippen molar-refractivity contribution in [2.75, 3.05) is 31.4 Å². The van der Waals surface area contributed by atoms with Crippen LogP contribution in [0.2, 0.25) is 0 Å². The Bertz CT molecular complexity index is 271.